The molecule has 7 nitrogen and oxygen atoms in total. The second-order valence-corrected chi connectivity index (χ2v) is 6.41. The Morgan fingerprint density at radius 3 is 2.59 bits per heavy atom. The zero-order valence-electron chi connectivity index (χ0n) is 15.5. The number of rotatable bonds is 10. The molecule has 0 radical (unpaired) electrons. The number of carbonyl (C=O) groups is 2. The van der Waals surface area contributed by atoms with E-state index >= 15 is 0 Å². The fourth-order valence-electron chi connectivity index (χ4n) is 2.35. The molecule has 1 aromatic carbocycles. The van der Waals surface area contributed by atoms with Gasteiger partial charge in [-0.05, 0) is 38.1 Å². The number of aromatic nitrogens is 1. The van der Waals surface area contributed by atoms with Crippen molar-refractivity contribution in [2.45, 2.75) is 13.8 Å². The van der Waals surface area contributed by atoms with Crippen LogP contribution in [-0.2, 0) is 9.53 Å². The lowest BCUT2D eigenvalue weighted by molar-refractivity contribution is -0.119. The number of hydrogen-bond donors (Lipinski definition) is 2. The SMILES string of the molecule is C=CCNc1nc(C(=O)OCC(=O)Nc2ccc(N(CC)CC)cc2)cs1. The Bertz CT molecular complexity index is 770. The molecular formula is C19H24N4O3S. The summed E-state index contributed by atoms with van der Waals surface area (Å²) in [4.78, 5) is 30.3. The maximum absolute atomic E-state index is 12.0. The standard InChI is InChI=1S/C19H24N4O3S/c1-4-11-20-19-22-16(13-27-19)18(25)26-12-17(24)21-14-7-9-15(10-8-14)23(5-2)6-3/h4,7-10,13H,1,5-6,11-12H2,2-3H3,(H,20,22)(H,21,24). The quantitative estimate of drug-likeness (QED) is 0.480. The van der Waals surface area contributed by atoms with Crippen molar-refractivity contribution < 1.29 is 14.3 Å². The molecule has 0 aliphatic rings. The summed E-state index contributed by atoms with van der Waals surface area (Å²) in [6, 6.07) is 7.54. The minimum Gasteiger partial charge on any atom is -0.451 e. The second-order valence-electron chi connectivity index (χ2n) is 5.55. The van der Waals surface area contributed by atoms with E-state index in [0.29, 0.717) is 17.4 Å². The summed E-state index contributed by atoms with van der Waals surface area (Å²) >= 11 is 1.29. The van der Waals surface area contributed by atoms with Crippen molar-refractivity contribution in [3.05, 3.63) is 48.0 Å². The summed E-state index contributed by atoms with van der Waals surface area (Å²) in [5, 5.41) is 7.87. The predicted octanol–water partition coefficient (Wildman–Crippen LogP) is 3.38. The molecule has 1 amide bonds. The molecule has 0 spiro atoms. The first-order valence-electron chi connectivity index (χ1n) is 8.69. The average Bonchev–Trinajstić information content (AvgIpc) is 3.16. The van der Waals surface area contributed by atoms with E-state index in [9.17, 15) is 9.59 Å². The molecule has 1 heterocycles. The van der Waals surface area contributed by atoms with E-state index in [1.807, 2.05) is 24.3 Å². The van der Waals surface area contributed by atoms with Crippen molar-refractivity contribution in [3.63, 3.8) is 0 Å². The van der Waals surface area contributed by atoms with Gasteiger partial charge in [-0.25, -0.2) is 9.78 Å². The zero-order chi connectivity index (χ0) is 19.6. The van der Waals surface area contributed by atoms with E-state index < -0.39 is 11.9 Å². The van der Waals surface area contributed by atoms with E-state index in [2.05, 4.69) is 40.9 Å². The monoisotopic (exact) mass is 388 g/mol. The van der Waals surface area contributed by atoms with Crippen LogP contribution in [0.2, 0.25) is 0 Å². The molecule has 0 bridgehead atoms. The molecule has 0 aliphatic heterocycles. The van der Waals surface area contributed by atoms with Crippen molar-refractivity contribution in [1.82, 2.24) is 4.98 Å². The summed E-state index contributed by atoms with van der Waals surface area (Å²) in [6.07, 6.45) is 1.69. The summed E-state index contributed by atoms with van der Waals surface area (Å²) in [5.41, 5.74) is 1.91. The van der Waals surface area contributed by atoms with Gasteiger partial charge in [0.05, 0.1) is 0 Å². The molecule has 1 aromatic heterocycles. The molecule has 8 heteroatoms. The number of hydrogen-bond acceptors (Lipinski definition) is 7. The molecule has 2 N–H and O–H groups in total. The van der Waals surface area contributed by atoms with Gasteiger partial charge >= 0.3 is 5.97 Å². The molecular weight excluding hydrogens is 364 g/mol. The van der Waals surface area contributed by atoms with Gasteiger partial charge in [-0.1, -0.05) is 6.08 Å². The Kier molecular flexibility index (Phi) is 7.81. The summed E-state index contributed by atoms with van der Waals surface area (Å²) < 4.78 is 5.01. The van der Waals surface area contributed by atoms with E-state index in [1.165, 1.54) is 11.3 Å². The average molecular weight is 388 g/mol. The Morgan fingerprint density at radius 2 is 1.96 bits per heavy atom. The molecule has 0 saturated heterocycles. The maximum atomic E-state index is 12.0. The number of amides is 1. The van der Waals surface area contributed by atoms with Crippen LogP contribution in [0.3, 0.4) is 0 Å². The molecule has 27 heavy (non-hydrogen) atoms. The lowest BCUT2D eigenvalue weighted by Crippen LogP contribution is -2.22. The number of carbonyl (C=O) groups excluding carboxylic acids is 2. The molecule has 2 rings (SSSR count). The van der Waals surface area contributed by atoms with Crippen LogP contribution in [0.5, 0.6) is 0 Å². The van der Waals surface area contributed by atoms with Crippen molar-refractivity contribution in [3.8, 4) is 0 Å². The first kappa shape index (κ1) is 20.4. The van der Waals surface area contributed by atoms with E-state index in [0.717, 1.165) is 18.8 Å². The van der Waals surface area contributed by atoms with Crippen LogP contribution in [-0.4, -0.2) is 43.1 Å². The molecule has 0 aliphatic carbocycles. The normalized spacial score (nSPS) is 10.1. The minimum absolute atomic E-state index is 0.169. The third kappa shape index (κ3) is 6.10. The highest BCUT2D eigenvalue weighted by Gasteiger charge is 2.14. The minimum atomic E-state index is -0.634. The lowest BCUT2D eigenvalue weighted by Gasteiger charge is -2.21. The van der Waals surface area contributed by atoms with Crippen molar-refractivity contribution in [2.24, 2.45) is 0 Å². The largest absolute Gasteiger partial charge is 0.451 e. The number of esters is 1. The number of benzene rings is 1. The maximum Gasteiger partial charge on any atom is 0.358 e. The van der Waals surface area contributed by atoms with E-state index in [-0.39, 0.29) is 12.3 Å². The van der Waals surface area contributed by atoms with Crippen molar-refractivity contribution >= 4 is 39.7 Å². The Hall–Kier alpha value is -2.87. The fraction of sp³-hybridized carbons (Fsp3) is 0.316. The molecule has 144 valence electrons. The van der Waals surface area contributed by atoms with Crippen LogP contribution in [0.25, 0.3) is 0 Å². The molecule has 0 unspecified atom stereocenters. The Labute approximate surface area is 163 Å². The van der Waals surface area contributed by atoms with Gasteiger partial charge in [-0.2, -0.15) is 0 Å². The molecule has 0 saturated carbocycles. The fourth-order valence-corrected chi connectivity index (χ4v) is 3.04. The second kappa shape index (κ2) is 10.3. The van der Waals surface area contributed by atoms with Gasteiger partial charge in [-0.15, -0.1) is 17.9 Å². The number of ether oxygens (including phenoxy) is 1. The summed E-state index contributed by atoms with van der Waals surface area (Å²) in [6.45, 7) is 9.80. The van der Waals surface area contributed by atoms with Crippen molar-refractivity contribution in [2.75, 3.05) is 41.8 Å². The molecule has 0 atom stereocenters. The first-order valence-corrected chi connectivity index (χ1v) is 9.57. The van der Waals surface area contributed by atoms with Gasteiger partial charge in [0.1, 0.15) is 0 Å². The van der Waals surface area contributed by atoms with Crippen LogP contribution >= 0.6 is 11.3 Å². The third-order valence-corrected chi connectivity index (χ3v) is 4.52. The van der Waals surface area contributed by atoms with Crippen LogP contribution in [0.1, 0.15) is 24.3 Å². The number of nitrogens with zero attached hydrogens (tertiary/aromatic N) is 2. The molecule has 0 fully saturated rings. The van der Waals surface area contributed by atoms with E-state index in [1.54, 1.807) is 11.5 Å². The van der Waals surface area contributed by atoms with E-state index in [4.69, 9.17) is 4.74 Å². The Balaban J connectivity index is 1.82. The summed E-state index contributed by atoms with van der Waals surface area (Å²) in [5.74, 6) is -1.04. The number of thiazole rings is 1. The van der Waals surface area contributed by atoms with Gasteiger partial charge in [0.2, 0.25) is 0 Å². The van der Waals surface area contributed by atoms with Crippen LogP contribution in [0, 0.1) is 0 Å². The van der Waals surface area contributed by atoms with Crippen molar-refractivity contribution in [1.29, 1.82) is 0 Å². The molecule has 2 aromatic rings. The lowest BCUT2D eigenvalue weighted by atomic mass is 10.2. The Morgan fingerprint density at radius 1 is 1.26 bits per heavy atom. The van der Waals surface area contributed by atoms with Crippen LogP contribution in [0.15, 0.2) is 42.3 Å². The summed E-state index contributed by atoms with van der Waals surface area (Å²) in [7, 11) is 0. The predicted molar refractivity (Wildman–Crippen MR) is 110 cm³/mol. The highest BCUT2D eigenvalue weighted by molar-refractivity contribution is 7.13. The highest BCUT2D eigenvalue weighted by atomic mass is 32.1. The van der Waals surface area contributed by atoms with Gasteiger partial charge < -0.3 is 20.3 Å². The zero-order valence-corrected chi connectivity index (χ0v) is 16.3. The van der Waals surface area contributed by atoms with Crippen LogP contribution in [0.4, 0.5) is 16.5 Å². The number of anilines is 3. The third-order valence-electron chi connectivity index (χ3n) is 3.72. The van der Waals surface area contributed by atoms with Gasteiger partial charge in [-0.3, -0.25) is 4.79 Å². The topological polar surface area (TPSA) is 83.6 Å². The number of nitrogens with one attached hydrogen (secondary N) is 2. The first-order chi connectivity index (χ1) is 13.1. The van der Waals surface area contributed by atoms with Gasteiger partial charge in [0, 0.05) is 36.4 Å². The van der Waals surface area contributed by atoms with Gasteiger partial charge in [0.15, 0.2) is 17.4 Å². The van der Waals surface area contributed by atoms with Crippen LogP contribution < -0.4 is 15.5 Å². The smallest absolute Gasteiger partial charge is 0.358 e. The van der Waals surface area contributed by atoms with Gasteiger partial charge in [0.25, 0.3) is 5.91 Å². The highest BCUT2D eigenvalue weighted by Crippen LogP contribution is 2.18.